The number of thiazole rings is 1. The first-order chi connectivity index (χ1) is 12.2. The standard InChI is InChI=1S/C16H17ClN4O3S/c17-13-4-10-3-11(6-19-16(23)18-1-2-22)21-14(10)5-15(13)24-7-12-8-25-9-20-12/h3-5,8-9,21-22H,1-2,6-7H2,(H2,18,19,23). The first-order valence-corrected chi connectivity index (χ1v) is 8.91. The maximum atomic E-state index is 11.5. The third-order valence-electron chi connectivity index (χ3n) is 3.42. The molecule has 0 atom stereocenters. The summed E-state index contributed by atoms with van der Waals surface area (Å²) in [5.74, 6) is 0.573. The summed E-state index contributed by atoms with van der Waals surface area (Å²) in [6, 6.07) is 5.23. The molecule has 0 saturated carbocycles. The number of fused-ring (bicyclic) bond motifs is 1. The van der Waals surface area contributed by atoms with Gasteiger partial charge in [0.2, 0.25) is 0 Å². The van der Waals surface area contributed by atoms with Crippen LogP contribution in [0.25, 0.3) is 10.9 Å². The van der Waals surface area contributed by atoms with E-state index < -0.39 is 0 Å². The summed E-state index contributed by atoms with van der Waals surface area (Å²) in [4.78, 5) is 18.9. The first-order valence-electron chi connectivity index (χ1n) is 7.59. The van der Waals surface area contributed by atoms with Crippen LogP contribution in [0.15, 0.2) is 29.1 Å². The molecule has 0 aliphatic heterocycles. The molecule has 0 aliphatic carbocycles. The van der Waals surface area contributed by atoms with Gasteiger partial charge in [-0.05, 0) is 12.1 Å². The van der Waals surface area contributed by atoms with Gasteiger partial charge in [-0.2, -0.15) is 0 Å². The Morgan fingerprint density at radius 2 is 2.24 bits per heavy atom. The highest BCUT2D eigenvalue weighted by molar-refractivity contribution is 7.07. The Hall–Kier alpha value is -2.29. The van der Waals surface area contributed by atoms with Crippen LogP contribution in [0.1, 0.15) is 11.4 Å². The number of nitrogens with zero attached hydrogens (tertiary/aromatic N) is 1. The lowest BCUT2D eigenvalue weighted by molar-refractivity contribution is 0.234. The lowest BCUT2D eigenvalue weighted by Crippen LogP contribution is -2.36. The highest BCUT2D eigenvalue weighted by atomic mass is 35.5. The maximum absolute atomic E-state index is 11.5. The predicted molar refractivity (Wildman–Crippen MR) is 97.1 cm³/mol. The Morgan fingerprint density at radius 1 is 1.36 bits per heavy atom. The number of hydrogen-bond donors (Lipinski definition) is 4. The summed E-state index contributed by atoms with van der Waals surface area (Å²) >= 11 is 7.79. The van der Waals surface area contributed by atoms with Crippen LogP contribution >= 0.6 is 22.9 Å². The Labute approximate surface area is 153 Å². The highest BCUT2D eigenvalue weighted by Gasteiger charge is 2.09. The molecule has 2 heterocycles. The Balaban J connectivity index is 1.66. The quantitative estimate of drug-likeness (QED) is 0.506. The van der Waals surface area contributed by atoms with Gasteiger partial charge in [0.05, 0.1) is 29.4 Å². The van der Waals surface area contributed by atoms with Crippen molar-refractivity contribution in [1.29, 1.82) is 0 Å². The normalized spacial score (nSPS) is 10.8. The fraction of sp³-hybridized carbons (Fsp3) is 0.250. The second kappa shape index (κ2) is 8.19. The Morgan fingerprint density at radius 3 is 3.00 bits per heavy atom. The van der Waals surface area contributed by atoms with Crippen molar-refractivity contribution in [3.63, 3.8) is 0 Å². The van der Waals surface area contributed by atoms with Crippen molar-refractivity contribution in [1.82, 2.24) is 20.6 Å². The maximum Gasteiger partial charge on any atom is 0.315 e. The number of benzene rings is 1. The van der Waals surface area contributed by atoms with Gasteiger partial charge in [-0.15, -0.1) is 11.3 Å². The number of aromatic amines is 1. The Bertz CT molecular complexity index is 851. The minimum atomic E-state index is -0.335. The average molecular weight is 381 g/mol. The van der Waals surface area contributed by atoms with E-state index in [9.17, 15) is 4.79 Å². The number of nitrogens with one attached hydrogen (secondary N) is 3. The van der Waals surface area contributed by atoms with Gasteiger partial charge in [0.1, 0.15) is 12.4 Å². The van der Waals surface area contributed by atoms with Gasteiger partial charge in [0.15, 0.2) is 0 Å². The number of rotatable bonds is 7. The van der Waals surface area contributed by atoms with Gasteiger partial charge in [0, 0.05) is 34.6 Å². The molecule has 0 bridgehead atoms. The van der Waals surface area contributed by atoms with Crippen molar-refractivity contribution in [3.05, 3.63) is 45.5 Å². The number of carbonyl (C=O) groups is 1. The summed E-state index contributed by atoms with van der Waals surface area (Å²) in [6.07, 6.45) is 0. The van der Waals surface area contributed by atoms with E-state index in [-0.39, 0.29) is 19.2 Å². The van der Waals surface area contributed by atoms with Crippen LogP contribution in [-0.4, -0.2) is 34.3 Å². The molecule has 0 saturated heterocycles. The van der Waals surface area contributed by atoms with Crippen LogP contribution < -0.4 is 15.4 Å². The number of H-pyrrole nitrogens is 1. The van der Waals surface area contributed by atoms with Crippen molar-refractivity contribution in [3.8, 4) is 5.75 Å². The molecule has 1 aromatic carbocycles. The van der Waals surface area contributed by atoms with Gasteiger partial charge in [-0.3, -0.25) is 0 Å². The molecule has 3 rings (SSSR count). The molecule has 2 aromatic heterocycles. The zero-order valence-corrected chi connectivity index (χ0v) is 14.8. The number of aliphatic hydroxyl groups is 1. The number of aliphatic hydroxyl groups excluding tert-OH is 1. The fourth-order valence-corrected chi connectivity index (χ4v) is 3.04. The monoisotopic (exact) mass is 380 g/mol. The minimum absolute atomic E-state index is 0.0953. The predicted octanol–water partition coefficient (Wildman–Crippen LogP) is 2.65. The van der Waals surface area contributed by atoms with Crippen molar-refractivity contribution in [2.45, 2.75) is 13.2 Å². The Kier molecular flexibility index (Phi) is 5.75. The molecule has 0 unspecified atom stereocenters. The van der Waals surface area contributed by atoms with Gasteiger partial charge >= 0.3 is 6.03 Å². The molecule has 0 spiro atoms. The third kappa shape index (κ3) is 4.62. The number of halogens is 1. The number of carbonyl (C=O) groups excluding carboxylic acids is 1. The van der Waals surface area contributed by atoms with E-state index in [0.717, 1.165) is 22.3 Å². The van der Waals surface area contributed by atoms with Gasteiger partial charge in [0.25, 0.3) is 0 Å². The molecule has 25 heavy (non-hydrogen) atoms. The van der Waals surface area contributed by atoms with Crippen LogP contribution in [0.2, 0.25) is 5.02 Å². The molecular weight excluding hydrogens is 364 g/mol. The SMILES string of the molecule is O=C(NCCO)NCc1cc2cc(Cl)c(OCc3cscn3)cc2[nH]1. The first kappa shape index (κ1) is 17.5. The number of urea groups is 1. The van der Waals surface area contributed by atoms with Crippen molar-refractivity contribution in [2.24, 2.45) is 0 Å². The van der Waals surface area contributed by atoms with E-state index in [1.807, 2.05) is 23.6 Å². The largest absolute Gasteiger partial charge is 0.486 e. The van der Waals surface area contributed by atoms with Crippen LogP contribution in [0.5, 0.6) is 5.75 Å². The van der Waals surface area contributed by atoms with Crippen LogP contribution in [0.4, 0.5) is 4.79 Å². The van der Waals surface area contributed by atoms with Crippen molar-refractivity contribution < 1.29 is 14.6 Å². The second-order valence-corrected chi connectivity index (χ2v) is 6.39. The fourth-order valence-electron chi connectivity index (χ4n) is 2.27. The third-order valence-corrected chi connectivity index (χ3v) is 4.36. The summed E-state index contributed by atoms with van der Waals surface area (Å²) in [7, 11) is 0. The van der Waals surface area contributed by atoms with Crippen LogP contribution in [0.3, 0.4) is 0 Å². The lowest BCUT2D eigenvalue weighted by Gasteiger charge is -2.06. The smallest absolute Gasteiger partial charge is 0.315 e. The van der Waals surface area contributed by atoms with E-state index in [1.54, 1.807) is 5.51 Å². The topological polar surface area (TPSA) is 99.3 Å². The molecule has 3 aromatic rings. The number of aromatic nitrogens is 2. The lowest BCUT2D eigenvalue weighted by atomic mass is 10.2. The van der Waals surface area contributed by atoms with Crippen LogP contribution in [-0.2, 0) is 13.2 Å². The van der Waals surface area contributed by atoms with Gasteiger partial charge in [-0.1, -0.05) is 11.6 Å². The van der Waals surface area contributed by atoms with E-state index in [1.165, 1.54) is 11.3 Å². The highest BCUT2D eigenvalue weighted by Crippen LogP contribution is 2.31. The molecular formula is C16H17ClN4O3S. The van der Waals surface area contributed by atoms with Crippen molar-refractivity contribution >= 4 is 39.9 Å². The van der Waals surface area contributed by atoms with Gasteiger partial charge < -0.3 is 25.5 Å². The second-order valence-electron chi connectivity index (χ2n) is 5.27. The number of hydrogen-bond acceptors (Lipinski definition) is 5. The zero-order valence-electron chi connectivity index (χ0n) is 13.2. The molecule has 4 N–H and O–H groups in total. The number of ether oxygens (including phenoxy) is 1. The van der Waals surface area contributed by atoms with Crippen molar-refractivity contribution in [2.75, 3.05) is 13.2 Å². The molecule has 0 fully saturated rings. The molecule has 0 radical (unpaired) electrons. The van der Waals surface area contributed by atoms with E-state index >= 15 is 0 Å². The van der Waals surface area contributed by atoms with Crippen LogP contribution in [0, 0.1) is 0 Å². The van der Waals surface area contributed by atoms with E-state index in [4.69, 9.17) is 21.4 Å². The molecule has 9 heteroatoms. The molecule has 7 nitrogen and oxygen atoms in total. The molecule has 132 valence electrons. The summed E-state index contributed by atoms with van der Waals surface area (Å²) in [6.45, 7) is 0.809. The average Bonchev–Trinajstić information content (AvgIpc) is 3.25. The summed E-state index contributed by atoms with van der Waals surface area (Å²) in [5, 5.41) is 17.3. The zero-order chi connectivity index (χ0) is 17.6. The van der Waals surface area contributed by atoms with E-state index in [0.29, 0.717) is 23.9 Å². The minimum Gasteiger partial charge on any atom is -0.486 e. The molecule has 2 amide bonds. The molecule has 0 aliphatic rings. The summed E-state index contributed by atoms with van der Waals surface area (Å²) in [5.41, 5.74) is 4.31. The number of amides is 2. The summed E-state index contributed by atoms with van der Waals surface area (Å²) < 4.78 is 5.73. The van der Waals surface area contributed by atoms with E-state index in [2.05, 4.69) is 20.6 Å². The van der Waals surface area contributed by atoms with Gasteiger partial charge in [-0.25, -0.2) is 9.78 Å².